The standard InChI is InChI=1S/C18H36N2O3/c1-8-11-12-16(22)20(10-3)18(6,7)14-23-13-17(4,5)19(9-2)15-21/h15H,8-14H2,1-7H3. The molecule has 0 aliphatic heterocycles. The van der Waals surface area contributed by atoms with Gasteiger partial charge in [0, 0.05) is 19.5 Å². The molecule has 0 aromatic rings. The molecule has 0 radical (unpaired) electrons. The number of ether oxygens (including phenoxy) is 1. The van der Waals surface area contributed by atoms with Crippen molar-refractivity contribution in [2.45, 2.75) is 78.8 Å². The summed E-state index contributed by atoms with van der Waals surface area (Å²) >= 11 is 0. The zero-order valence-corrected chi connectivity index (χ0v) is 16.1. The van der Waals surface area contributed by atoms with E-state index in [1.807, 2.05) is 46.4 Å². The van der Waals surface area contributed by atoms with Crippen LogP contribution in [0.5, 0.6) is 0 Å². The third-order valence-corrected chi connectivity index (χ3v) is 4.25. The van der Waals surface area contributed by atoms with Crippen molar-refractivity contribution < 1.29 is 14.3 Å². The third kappa shape index (κ3) is 6.90. The Balaban J connectivity index is 4.66. The van der Waals surface area contributed by atoms with E-state index in [1.54, 1.807) is 4.90 Å². The van der Waals surface area contributed by atoms with Crippen molar-refractivity contribution >= 4 is 12.3 Å². The molecule has 5 nitrogen and oxygen atoms in total. The van der Waals surface area contributed by atoms with Gasteiger partial charge in [-0.05, 0) is 48.0 Å². The summed E-state index contributed by atoms with van der Waals surface area (Å²) in [7, 11) is 0. The van der Waals surface area contributed by atoms with Gasteiger partial charge in [-0.15, -0.1) is 0 Å². The Hall–Kier alpha value is -1.10. The van der Waals surface area contributed by atoms with E-state index in [1.165, 1.54) is 0 Å². The number of carbonyl (C=O) groups is 2. The lowest BCUT2D eigenvalue weighted by molar-refractivity contribution is -0.139. The minimum absolute atomic E-state index is 0.185. The lowest BCUT2D eigenvalue weighted by atomic mass is 10.0. The molecule has 5 heteroatoms. The van der Waals surface area contributed by atoms with Crippen LogP contribution in [0.4, 0.5) is 0 Å². The van der Waals surface area contributed by atoms with Crippen LogP contribution in [0, 0.1) is 0 Å². The fourth-order valence-electron chi connectivity index (χ4n) is 2.76. The quantitative estimate of drug-likeness (QED) is 0.517. The average molecular weight is 328 g/mol. The second-order valence-electron chi connectivity index (χ2n) is 7.25. The molecule has 136 valence electrons. The first-order chi connectivity index (χ1) is 10.7. The molecule has 0 aromatic carbocycles. The number of amides is 2. The first-order valence-corrected chi connectivity index (χ1v) is 8.76. The van der Waals surface area contributed by atoms with Gasteiger partial charge < -0.3 is 14.5 Å². The van der Waals surface area contributed by atoms with Gasteiger partial charge in [0.1, 0.15) is 0 Å². The molecule has 0 fully saturated rings. The number of hydrogen-bond acceptors (Lipinski definition) is 3. The zero-order valence-electron chi connectivity index (χ0n) is 16.1. The van der Waals surface area contributed by atoms with Crippen molar-refractivity contribution in [2.75, 3.05) is 26.3 Å². The van der Waals surface area contributed by atoms with Gasteiger partial charge in [-0.1, -0.05) is 13.3 Å². The highest BCUT2D eigenvalue weighted by Gasteiger charge is 2.31. The summed E-state index contributed by atoms with van der Waals surface area (Å²) < 4.78 is 5.89. The molecule has 2 amide bonds. The van der Waals surface area contributed by atoms with Crippen LogP contribution in [0.25, 0.3) is 0 Å². The van der Waals surface area contributed by atoms with E-state index < -0.39 is 0 Å². The molecule has 0 unspecified atom stereocenters. The average Bonchev–Trinajstić information content (AvgIpc) is 2.45. The van der Waals surface area contributed by atoms with Gasteiger partial charge in [0.2, 0.25) is 12.3 Å². The van der Waals surface area contributed by atoms with E-state index in [0.717, 1.165) is 19.3 Å². The van der Waals surface area contributed by atoms with Crippen LogP contribution in [0.3, 0.4) is 0 Å². The lowest BCUT2D eigenvalue weighted by Crippen LogP contribution is -2.52. The summed E-state index contributed by atoms with van der Waals surface area (Å²) in [5.41, 5.74) is -0.705. The van der Waals surface area contributed by atoms with Crippen molar-refractivity contribution in [3.05, 3.63) is 0 Å². The predicted octanol–water partition coefficient (Wildman–Crippen LogP) is 3.08. The summed E-state index contributed by atoms with van der Waals surface area (Å²) in [6.07, 6.45) is 3.40. The van der Waals surface area contributed by atoms with Gasteiger partial charge in [0.15, 0.2) is 0 Å². The number of rotatable bonds is 12. The number of likely N-dealkylation sites (N-methyl/N-ethyl adjacent to an activating group) is 2. The number of hydrogen-bond donors (Lipinski definition) is 0. The van der Waals surface area contributed by atoms with E-state index in [2.05, 4.69) is 6.92 Å². The molecule has 0 aliphatic rings. The molecular weight excluding hydrogens is 292 g/mol. The predicted molar refractivity (Wildman–Crippen MR) is 94.3 cm³/mol. The Kier molecular flexibility index (Phi) is 9.44. The normalized spacial score (nSPS) is 12.1. The van der Waals surface area contributed by atoms with Crippen LogP contribution in [0.2, 0.25) is 0 Å². The molecular formula is C18H36N2O3. The number of carbonyl (C=O) groups excluding carboxylic acids is 2. The molecule has 0 aromatic heterocycles. The molecule has 0 saturated carbocycles. The third-order valence-electron chi connectivity index (χ3n) is 4.25. The van der Waals surface area contributed by atoms with E-state index >= 15 is 0 Å². The van der Waals surface area contributed by atoms with Crippen LogP contribution in [-0.4, -0.2) is 59.5 Å². The molecule has 0 heterocycles. The molecule has 0 saturated heterocycles. The Morgan fingerprint density at radius 2 is 1.57 bits per heavy atom. The van der Waals surface area contributed by atoms with Crippen LogP contribution in [0.15, 0.2) is 0 Å². The highest BCUT2D eigenvalue weighted by molar-refractivity contribution is 5.76. The SMILES string of the molecule is CCCCC(=O)N(CC)C(C)(C)COCC(C)(C)N(C=O)CC. The van der Waals surface area contributed by atoms with Gasteiger partial charge in [0.05, 0.1) is 24.3 Å². The van der Waals surface area contributed by atoms with Crippen molar-refractivity contribution in [1.29, 1.82) is 0 Å². The van der Waals surface area contributed by atoms with Gasteiger partial charge in [-0.3, -0.25) is 9.59 Å². The fourth-order valence-corrected chi connectivity index (χ4v) is 2.76. The largest absolute Gasteiger partial charge is 0.377 e. The highest BCUT2D eigenvalue weighted by Crippen LogP contribution is 2.19. The second-order valence-corrected chi connectivity index (χ2v) is 7.25. The van der Waals surface area contributed by atoms with Gasteiger partial charge in [-0.25, -0.2) is 0 Å². The summed E-state index contributed by atoms with van der Waals surface area (Å²) in [5.74, 6) is 0.185. The molecule has 0 N–H and O–H groups in total. The number of unbranched alkanes of at least 4 members (excludes halogenated alkanes) is 1. The van der Waals surface area contributed by atoms with Gasteiger partial charge in [-0.2, -0.15) is 0 Å². The van der Waals surface area contributed by atoms with Crippen LogP contribution < -0.4 is 0 Å². The minimum Gasteiger partial charge on any atom is -0.377 e. The van der Waals surface area contributed by atoms with Crippen LogP contribution in [0.1, 0.15) is 67.7 Å². The van der Waals surface area contributed by atoms with Crippen molar-refractivity contribution in [3.8, 4) is 0 Å². The molecule has 0 bridgehead atoms. The maximum absolute atomic E-state index is 12.4. The van der Waals surface area contributed by atoms with Crippen LogP contribution >= 0.6 is 0 Å². The van der Waals surface area contributed by atoms with Crippen LogP contribution in [-0.2, 0) is 14.3 Å². The first-order valence-electron chi connectivity index (χ1n) is 8.76. The Bertz CT molecular complexity index is 367. The van der Waals surface area contributed by atoms with E-state index in [0.29, 0.717) is 32.7 Å². The van der Waals surface area contributed by atoms with E-state index in [9.17, 15) is 9.59 Å². The summed E-state index contributed by atoms with van der Waals surface area (Å²) in [5, 5.41) is 0. The van der Waals surface area contributed by atoms with Gasteiger partial charge >= 0.3 is 0 Å². The van der Waals surface area contributed by atoms with Crippen molar-refractivity contribution in [3.63, 3.8) is 0 Å². The topological polar surface area (TPSA) is 49.9 Å². The lowest BCUT2D eigenvalue weighted by Gasteiger charge is -2.40. The van der Waals surface area contributed by atoms with E-state index in [-0.39, 0.29) is 17.0 Å². The Labute approximate surface area is 142 Å². The zero-order chi connectivity index (χ0) is 18.1. The molecule has 0 aliphatic carbocycles. The molecule has 0 atom stereocenters. The molecule has 0 rings (SSSR count). The van der Waals surface area contributed by atoms with E-state index in [4.69, 9.17) is 4.74 Å². The fraction of sp³-hybridized carbons (Fsp3) is 0.889. The van der Waals surface area contributed by atoms with Crippen molar-refractivity contribution in [1.82, 2.24) is 9.80 Å². The Morgan fingerprint density at radius 1 is 1.00 bits per heavy atom. The maximum Gasteiger partial charge on any atom is 0.223 e. The second kappa shape index (κ2) is 9.91. The number of nitrogens with zero attached hydrogens (tertiary/aromatic N) is 2. The van der Waals surface area contributed by atoms with Crippen molar-refractivity contribution in [2.24, 2.45) is 0 Å². The minimum atomic E-state index is -0.353. The summed E-state index contributed by atoms with van der Waals surface area (Å²) in [4.78, 5) is 27.1. The first kappa shape index (κ1) is 21.9. The summed E-state index contributed by atoms with van der Waals surface area (Å²) in [6.45, 7) is 16.3. The smallest absolute Gasteiger partial charge is 0.223 e. The Morgan fingerprint density at radius 3 is 2.00 bits per heavy atom. The maximum atomic E-state index is 12.4. The van der Waals surface area contributed by atoms with Gasteiger partial charge in [0.25, 0.3) is 0 Å². The summed E-state index contributed by atoms with van der Waals surface area (Å²) in [6, 6.07) is 0. The molecule has 23 heavy (non-hydrogen) atoms. The monoisotopic (exact) mass is 328 g/mol. The highest BCUT2D eigenvalue weighted by atomic mass is 16.5. The molecule has 0 spiro atoms.